The van der Waals surface area contributed by atoms with Gasteiger partial charge in [-0.05, 0) is 37.6 Å². The highest BCUT2D eigenvalue weighted by Crippen LogP contribution is 2.27. The second-order valence-electron chi connectivity index (χ2n) is 8.14. The maximum atomic E-state index is 14.8. The Balaban J connectivity index is 1.45. The molecular weight excluding hydrogens is 431 g/mol. The van der Waals surface area contributed by atoms with Gasteiger partial charge in [-0.15, -0.1) is 0 Å². The fourth-order valence-corrected chi connectivity index (χ4v) is 4.15. The molecule has 0 bridgehead atoms. The summed E-state index contributed by atoms with van der Waals surface area (Å²) in [4.78, 5) is 22.2. The van der Waals surface area contributed by atoms with Crippen LogP contribution in [-0.2, 0) is 13.6 Å². The summed E-state index contributed by atoms with van der Waals surface area (Å²) >= 11 is 0. The molecule has 5 aromatic rings. The van der Waals surface area contributed by atoms with Crippen molar-refractivity contribution in [3.8, 4) is 16.9 Å². The molecule has 1 N–H and O–H groups in total. The average Bonchev–Trinajstić information content (AvgIpc) is 3.39. The minimum Gasteiger partial charge on any atom is -0.348 e. The minimum atomic E-state index is -0.381. The molecule has 0 aliphatic carbocycles. The first-order valence-electron chi connectivity index (χ1n) is 10.9. The van der Waals surface area contributed by atoms with Crippen LogP contribution in [0.1, 0.15) is 27.4 Å². The van der Waals surface area contributed by atoms with Crippen molar-refractivity contribution in [2.45, 2.75) is 20.4 Å². The fraction of sp³-hybridized carbons (Fsp3) is 0.154. The van der Waals surface area contributed by atoms with Crippen molar-refractivity contribution in [3.05, 3.63) is 95.5 Å². The normalized spacial score (nSPS) is 11.2. The Kier molecular flexibility index (Phi) is 5.41. The van der Waals surface area contributed by atoms with E-state index in [0.717, 1.165) is 11.3 Å². The lowest BCUT2D eigenvalue weighted by Gasteiger charge is -2.11. The van der Waals surface area contributed by atoms with Crippen molar-refractivity contribution in [3.63, 3.8) is 0 Å². The van der Waals surface area contributed by atoms with Crippen LogP contribution in [0.15, 0.2) is 67.0 Å². The molecule has 0 atom stereocenters. The van der Waals surface area contributed by atoms with Crippen LogP contribution in [0.3, 0.4) is 0 Å². The second-order valence-corrected chi connectivity index (χ2v) is 8.14. The van der Waals surface area contributed by atoms with Crippen LogP contribution in [0.4, 0.5) is 4.39 Å². The number of nitrogens with zero attached hydrogens (tertiary/aromatic N) is 5. The molecule has 3 aromatic heterocycles. The van der Waals surface area contributed by atoms with Crippen LogP contribution in [0, 0.1) is 19.7 Å². The third kappa shape index (κ3) is 3.83. The van der Waals surface area contributed by atoms with Crippen molar-refractivity contribution < 1.29 is 9.18 Å². The average molecular weight is 455 g/mol. The number of rotatable bonds is 5. The molecule has 0 fully saturated rings. The van der Waals surface area contributed by atoms with Gasteiger partial charge in [0.15, 0.2) is 5.65 Å². The number of fused-ring (bicyclic) bond motifs is 1. The van der Waals surface area contributed by atoms with E-state index in [0.29, 0.717) is 39.4 Å². The second kappa shape index (κ2) is 8.55. The van der Waals surface area contributed by atoms with Crippen molar-refractivity contribution in [1.29, 1.82) is 0 Å². The van der Waals surface area contributed by atoms with E-state index in [1.807, 2.05) is 51.2 Å². The van der Waals surface area contributed by atoms with Crippen LogP contribution in [0.25, 0.3) is 28.0 Å². The Morgan fingerprint density at radius 1 is 1.09 bits per heavy atom. The SMILES string of the molecule is Cc1nn(C)c2nc(-c3ccccc3)cc(C(=O)NCc3ccc(-n4ccnc4C)c(F)c3)c12. The number of halogens is 1. The van der Waals surface area contributed by atoms with Gasteiger partial charge in [0.25, 0.3) is 5.91 Å². The molecule has 3 heterocycles. The van der Waals surface area contributed by atoms with Gasteiger partial charge in [0.2, 0.25) is 0 Å². The zero-order valence-electron chi connectivity index (χ0n) is 19.1. The molecule has 0 radical (unpaired) electrons. The summed E-state index contributed by atoms with van der Waals surface area (Å²) in [5, 5.41) is 8.09. The maximum absolute atomic E-state index is 14.8. The van der Waals surface area contributed by atoms with Gasteiger partial charge in [-0.1, -0.05) is 36.4 Å². The lowest BCUT2D eigenvalue weighted by Crippen LogP contribution is -2.23. The van der Waals surface area contributed by atoms with Gasteiger partial charge in [-0.3, -0.25) is 9.48 Å². The van der Waals surface area contributed by atoms with Crippen molar-refractivity contribution in [2.24, 2.45) is 7.05 Å². The van der Waals surface area contributed by atoms with E-state index in [-0.39, 0.29) is 18.3 Å². The molecule has 34 heavy (non-hydrogen) atoms. The number of carbonyl (C=O) groups excluding carboxylic acids is 1. The summed E-state index contributed by atoms with van der Waals surface area (Å²) < 4.78 is 18.1. The topological polar surface area (TPSA) is 77.6 Å². The molecule has 7 nitrogen and oxygen atoms in total. The minimum absolute atomic E-state index is 0.183. The Morgan fingerprint density at radius 3 is 2.59 bits per heavy atom. The van der Waals surface area contributed by atoms with Gasteiger partial charge in [-0.25, -0.2) is 14.4 Å². The van der Waals surface area contributed by atoms with E-state index in [9.17, 15) is 9.18 Å². The molecule has 0 aliphatic heterocycles. The highest BCUT2D eigenvalue weighted by atomic mass is 19.1. The third-order valence-corrected chi connectivity index (χ3v) is 5.83. The largest absolute Gasteiger partial charge is 0.348 e. The maximum Gasteiger partial charge on any atom is 0.252 e. The molecule has 0 saturated carbocycles. The smallest absolute Gasteiger partial charge is 0.252 e. The summed E-state index contributed by atoms with van der Waals surface area (Å²) in [6, 6.07) is 16.4. The Morgan fingerprint density at radius 2 is 1.88 bits per heavy atom. The quantitative estimate of drug-likeness (QED) is 0.424. The summed E-state index contributed by atoms with van der Waals surface area (Å²) in [7, 11) is 1.81. The summed E-state index contributed by atoms with van der Waals surface area (Å²) in [6.07, 6.45) is 3.34. The predicted octanol–water partition coefficient (Wildman–Crippen LogP) is 4.51. The number of aryl methyl sites for hydroxylation is 3. The number of hydrogen-bond donors (Lipinski definition) is 1. The van der Waals surface area contributed by atoms with E-state index in [1.54, 1.807) is 39.8 Å². The molecule has 0 aliphatic rings. The van der Waals surface area contributed by atoms with Gasteiger partial charge in [0.05, 0.1) is 28.0 Å². The number of amides is 1. The summed E-state index contributed by atoms with van der Waals surface area (Å²) in [6.45, 7) is 3.85. The molecule has 170 valence electrons. The van der Waals surface area contributed by atoms with E-state index < -0.39 is 0 Å². The van der Waals surface area contributed by atoms with Crippen LogP contribution >= 0.6 is 0 Å². The zero-order valence-corrected chi connectivity index (χ0v) is 19.1. The molecule has 1 amide bonds. The summed E-state index contributed by atoms with van der Waals surface area (Å²) in [5.74, 6) is 0.0481. The summed E-state index contributed by atoms with van der Waals surface area (Å²) in [5.41, 5.74) is 4.51. The molecule has 8 heteroatoms. The first-order chi connectivity index (χ1) is 16.4. The predicted molar refractivity (Wildman–Crippen MR) is 128 cm³/mol. The lowest BCUT2D eigenvalue weighted by molar-refractivity contribution is 0.0952. The van der Waals surface area contributed by atoms with Crippen molar-refractivity contribution >= 4 is 16.9 Å². The molecular formula is C26H23FN6O. The number of hydrogen-bond acceptors (Lipinski definition) is 4. The highest BCUT2D eigenvalue weighted by Gasteiger charge is 2.19. The third-order valence-electron chi connectivity index (χ3n) is 5.83. The van der Waals surface area contributed by atoms with Gasteiger partial charge < -0.3 is 9.88 Å². The molecule has 0 spiro atoms. The Labute approximate surface area is 195 Å². The van der Waals surface area contributed by atoms with Gasteiger partial charge in [-0.2, -0.15) is 5.10 Å². The Hall–Kier alpha value is -4.33. The number of nitrogens with one attached hydrogen (secondary N) is 1. The van der Waals surface area contributed by atoms with Crippen LogP contribution in [0.2, 0.25) is 0 Å². The number of pyridine rings is 1. The fourth-order valence-electron chi connectivity index (χ4n) is 4.15. The molecule has 0 unspecified atom stereocenters. The van der Waals surface area contributed by atoms with E-state index in [4.69, 9.17) is 4.98 Å². The van der Waals surface area contributed by atoms with E-state index in [1.165, 1.54) is 6.07 Å². The molecule has 0 saturated heterocycles. The van der Waals surface area contributed by atoms with Crippen molar-refractivity contribution in [2.75, 3.05) is 0 Å². The van der Waals surface area contributed by atoms with E-state index in [2.05, 4.69) is 15.4 Å². The van der Waals surface area contributed by atoms with Gasteiger partial charge >= 0.3 is 0 Å². The first-order valence-corrected chi connectivity index (χ1v) is 10.9. The molecule has 5 rings (SSSR count). The van der Waals surface area contributed by atoms with Crippen LogP contribution in [0.5, 0.6) is 0 Å². The van der Waals surface area contributed by atoms with Gasteiger partial charge in [0.1, 0.15) is 11.6 Å². The lowest BCUT2D eigenvalue weighted by atomic mass is 10.0. The molecule has 2 aromatic carbocycles. The Bertz CT molecular complexity index is 1520. The van der Waals surface area contributed by atoms with Crippen molar-refractivity contribution in [1.82, 2.24) is 29.6 Å². The van der Waals surface area contributed by atoms with Crippen LogP contribution < -0.4 is 5.32 Å². The van der Waals surface area contributed by atoms with E-state index >= 15 is 0 Å². The number of imidazole rings is 1. The number of benzene rings is 2. The zero-order chi connectivity index (χ0) is 23.8. The highest BCUT2D eigenvalue weighted by molar-refractivity contribution is 6.07. The van der Waals surface area contributed by atoms with Crippen LogP contribution in [-0.4, -0.2) is 30.2 Å². The first kappa shape index (κ1) is 21.5. The standard InChI is InChI=1S/C26H23FN6O/c1-16-24-20(14-22(19-7-5-4-6-8-19)30-25(24)32(3)31-16)26(34)29-15-18-9-10-23(21(27)13-18)33-12-11-28-17(33)2/h4-14H,15H2,1-3H3,(H,29,34). The number of carbonyl (C=O) groups is 1. The number of aromatic nitrogens is 5. The monoisotopic (exact) mass is 454 g/mol. The van der Waals surface area contributed by atoms with Gasteiger partial charge in [0, 0.05) is 31.5 Å².